The smallest absolute Gasteiger partial charge is 0.217 e. The number of aromatic nitrogens is 1. The average molecular weight is 383 g/mol. The van der Waals surface area contributed by atoms with Gasteiger partial charge in [-0.2, -0.15) is 0 Å². The van der Waals surface area contributed by atoms with Crippen molar-refractivity contribution in [2.75, 3.05) is 27.3 Å². The summed E-state index contributed by atoms with van der Waals surface area (Å²) in [5, 5.41) is 3.11. The SMILES string of the molecule is COc1cccc(CN2CCC([C@H](NC(C)=O)c3ccccn3)CC2)c1OC. The molecule has 1 saturated heterocycles. The van der Waals surface area contributed by atoms with Crippen LogP contribution in [0, 0.1) is 5.92 Å². The molecule has 0 spiro atoms. The van der Waals surface area contributed by atoms with Gasteiger partial charge in [-0.05, 0) is 50.0 Å². The van der Waals surface area contributed by atoms with Crippen molar-refractivity contribution in [1.82, 2.24) is 15.2 Å². The summed E-state index contributed by atoms with van der Waals surface area (Å²) in [6, 6.07) is 11.8. The number of pyridine rings is 1. The van der Waals surface area contributed by atoms with E-state index in [-0.39, 0.29) is 11.9 Å². The van der Waals surface area contributed by atoms with E-state index in [1.807, 2.05) is 30.3 Å². The molecular formula is C22H29N3O3. The Labute approximate surface area is 166 Å². The standard InChI is InChI=1S/C22H29N3O3/c1-16(26)24-21(19-8-4-5-12-23-19)17-10-13-25(14-11-17)15-18-7-6-9-20(27-2)22(18)28-3/h4-9,12,17,21H,10-11,13-15H2,1-3H3,(H,24,26)/t21-/m0/s1. The van der Waals surface area contributed by atoms with Crippen molar-refractivity contribution >= 4 is 5.91 Å². The Bertz CT molecular complexity index is 774. The van der Waals surface area contributed by atoms with E-state index < -0.39 is 0 Å². The van der Waals surface area contributed by atoms with E-state index in [1.165, 1.54) is 0 Å². The van der Waals surface area contributed by atoms with Crippen LogP contribution >= 0.6 is 0 Å². The highest BCUT2D eigenvalue weighted by Gasteiger charge is 2.29. The van der Waals surface area contributed by atoms with E-state index in [9.17, 15) is 4.79 Å². The number of carbonyl (C=O) groups is 1. The van der Waals surface area contributed by atoms with Gasteiger partial charge in [0.1, 0.15) is 0 Å². The largest absolute Gasteiger partial charge is 0.493 e. The van der Waals surface area contributed by atoms with Gasteiger partial charge in [-0.1, -0.05) is 18.2 Å². The fourth-order valence-electron chi connectivity index (χ4n) is 3.98. The molecular weight excluding hydrogens is 354 g/mol. The first-order valence-electron chi connectivity index (χ1n) is 9.72. The van der Waals surface area contributed by atoms with E-state index in [1.54, 1.807) is 27.3 Å². The number of ether oxygens (including phenoxy) is 2. The number of piperidine rings is 1. The molecule has 150 valence electrons. The van der Waals surface area contributed by atoms with Gasteiger partial charge in [-0.25, -0.2) is 0 Å². The summed E-state index contributed by atoms with van der Waals surface area (Å²) in [7, 11) is 3.34. The highest BCUT2D eigenvalue weighted by molar-refractivity contribution is 5.73. The first-order chi connectivity index (χ1) is 13.6. The number of para-hydroxylation sites is 1. The maximum Gasteiger partial charge on any atom is 0.217 e. The summed E-state index contributed by atoms with van der Waals surface area (Å²) in [5.74, 6) is 1.92. The molecule has 0 unspecified atom stereocenters. The normalized spacial score (nSPS) is 16.4. The number of hydrogen-bond donors (Lipinski definition) is 1. The fourth-order valence-corrected chi connectivity index (χ4v) is 3.98. The van der Waals surface area contributed by atoms with Crippen molar-refractivity contribution in [2.45, 2.75) is 32.4 Å². The van der Waals surface area contributed by atoms with Crippen LogP contribution in [-0.4, -0.2) is 43.1 Å². The average Bonchev–Trinajstić information content (AvgIpc) is 2.73. The van der Waals surface area contributed by atoms with Gasteiger partial charge in [0.25, 0.3) is 0 Å². The molecule has 2 heterocycles. The number of benzene rings is 1. The number of nitrogens with one attached hydrogen (secondary N) is 1. The van der Waals surface area contributed by atoms with Gasteiger partial charge in [0, 0.05) is 25.2 Å². The van der Waals surface area contributed by atoms with Gasteiger partial charge in [0.05, 0.1) is 26.0 Å². The Morgan fingerprint density at radius 2 is 1.96 bits per heavy atom. The topological polar surface area (TPSA) is 63.7 Å². The van der Waals surface area contributed by atoms with Crippen LogP contribution in [0.15, 0.2) is 42.6 Å². The monoisotopic (exact) mass is 383 g/mol. The van der Waals surface area contributed by atoms with Gasteiger partial charge >= 0.3 is 0 Å². The minimum atomic E-state index is -0.0350. The third kappa shape index (κ3) is 4.81. The van der Waals surface area contributed by atoms with Crippen LogP contribution in [0.3, 0.4) is 0 Å². The van der Waals surface area contributed by atoms with E-state index in [0.29, 0.717) is 5.92 Å². The molecule has 1 fully saturated rings. The maximum absolute atomic E-state index is 11.7. The summed E-state index contributed by atoms with van der Waals surface area (Å²) in [5.41, 5.74) is 2.06. The zero-order valence-corrected chi connectivity index (χ0v) is 16.9. The Hall–Kier alpha value is -2.60. The lowest BCUT2D eigenvalue weighted by molar-refractivity contribution is -0.120. The second-order valence-electron chi connectivity index (χ2n) is 7.20. The fraction of sp³-hybridized carbons (Fsp3) is 0.455. The van der Waals surface area contributed by atoms with Gasteiger partial charge < -0.3 is 14.8 Å². The summed E-state index contributed by atoms with van der Waals surface area (Å²) in [6.45, 7) is 4.32. The molecule has 0 radical (unpaired) electrons. The molecule has 0 bridgehead atoms. The van der Waals surface area contributed by atoms with Gasteiger partial charge in [0.15, 0.2) is 11.5 Å². The van der Waals surface area contributed by atoms with Gasteiger partial charge in [-0.3, -0.25) is 14.7 Å². The summed E-state index contributed by atoms with van der Waals surface area (Å²) < 4.78 is 11.0. The molecule has 28 heavy (non-hydrogen) atoms. The molecule has 0 saturated carbocycles. The van der Waals surface area contributed by atoms with Gasteiger partial charge in [-0.15, -0.1) is 0 Å². The number of hydrogen-bond acceptors (Lipinski definition) is 5. The molecule has 1 aliphatic rings. The first-order valence-corrected chi connectivity index (χ1v) is 9.72. The van der Waals surface area contributed by atoms with Crippen LogP contribution in [0.2, 0.25) is 0 Å². The zero-order valence-electron chi connectivity index (χ0n) is 16.9. The predicted octanol–water partition coefficient (Wildman–Crippen LogP) is 3.19. The minimum Gasteiger partial charge on any atom is -0.493 e. The second-order valence-corrected chi connectivity index (χ2v) is 7.20. The molecule has 2 aromatic rings. The number of carbonyl (C=O) groups excluding carboxylic acids is 1. The number of rotatable bonds is 7. The molecule has 3 rings (SSSR count). The summed E-state index contributed by atoms with van der Waals surface area (Å²) >= 11 is 0. The van der Waals surface area contributed by atoms with Crippen molar-refractivity contribution in [3.8, 4) is 11.5 Å². The first kappa shape index (κ1) is 20.1. The molecule has 1 aromatic carbocycles. The Morgan fingerprint density at radius 1 is 1.18 bits per heavy atom. The number of likely N-dealkylation sites (tertiary alicyclic amines) is 1. The van der Waals surface area contributed by atoms with E-state index >= 15 is 0 Å². The Balaban J connectivity index is 1.66. The van der Waals surface area contributed by atoms with E-state index in [0.717, 1.165) is 55.2 Å². The van der Waals surface area contributed by atoms with Gasteiger partial charge in [0.2, 0.25) is 5.91 Å². The van der Waals surface area contributed by atoms with Crippen LogP contribution < -0.4 is 14.8 Å². The second kappa shape index (κ2) is 9.55. The Morgan fingerprint density at radius 3 is 2.57 bits per heavy atom. The zero-order chi connectivity index (χ0) is 19.9. The number of nitrogens with zero attached hydrogens (tertiary/aromatic N) is 2. The van der Waals surface area contributed by atoms with Crippen molar-refractivity contribution < 1.29 is 14.3 Å². The third-order valence-corrected chi connectivity index (χ3v) is 5.35. The molecule has 6 nitrogen and oxygen atoms in total. The van der Waals surface area contributed by atoms with Crippen LogP contribution in [-0.2, 0) is 11.3 Å². The van der Waals surface area contributed by atoms with Crippen molar-refractivity contribution in [3.63, 3.8) is 0 Å². The van der Waals surface area contributed by atoms with Crippen LogP contribution in [0.4, 0.5) is 0 Å². The number of amides is 1. The molecule has 0 aliphatic carbocycles. The highest BCUT2D eigenvalue weighted by atomic mass is 16.5. The van der Waals surface area contributed by atoms with Crippen molar-refractivity contribution in [1.29, 1.82) is 0 Å². The van der Waals surface area contributed by atoms with Crippen LogP contribution in [0.1, 0.15) is 37.1 Å². The number of methoxy groups -OCH3 is 2. The van der Waals surface area contributed by atoms with Crippen LogP contribution in [0.25, 0.3) is 0 Å². The Kier molecular flexibility index (Phi) is 6.87. The lowest BCUT2D eigenvalue weighted by atomic mass is 9.87. The van der Waals surface area contributed by atoms with Crippen molar-refractivity contribution in [2.24, 2.45) is 5.92 Å². The molecule has 1 atom stereocenters. The van der Waals surface area contributed by atoms with Crippen molar-refractivity contribution in [3.05, 3.63) is 53.9 Å². The molecule has 6 heteroatoms. The lowest BCUT2D eigenvalue weighted by Gasteiger charge is -2.36. The molecule has 1 aromatic heterocycles. The molecule has 1 N–H and O–H groups in total. The maximum atomic E-state index is 11.7. The quantitative estimate of drug-likeness (QED) is 0.796. The predicted molar refractivity (Wildman–Crippen MR) is 108 cm³/mol. The van der Waals surface area contributed by atoms with E-state index in [4.69, 9.17) is 9.47 Å². The van der Waals surface area contributed by atoms with E-state index in [2.05, 4.69) is 21.3 Å². The highest BCUT2D eigenvalue weighted by Crippen LogP contribution is 2.34. The van der Waals surface area contributed by atoms with Crippen LogP contribution in [0.5, 0.6) is 11.5 Å². The summed E-state index contributed by atoms with van der Waals surface area (Å²) in [4.78, 5) is 18.6. The molecule has 1 amide bonds. The molecule has 1 aliphatic heterocycles. The summed E-state index contributed by atoms with van der Waals surface area (Å²) in [6.07, 6.45) is 3.80. The minimum absolute atomic E-state index is 0.0146. The lowest BCUT2D eigenvalue weighted by Crippen LogP contribution is -2.40. The third-order valence-electron chi connectivity index (χ3n) is 5.35.